The summed E-state index contributed by atoms with van der Waals surface area (Å²) in [4.78, 5) is 30.7. The van der Waals surface area contributed by atoms with Crippen LogP contribution >= 0.6 is 0 Å². The number of nitrogens with one attached hydrogen (secondary N) is 1. The zero-order valence-electron chi connectivity index (χ0n) is 26.7. The highest BCUT2D eigenvalue weighted by Gasteiger charge is 2.44. The number of carbonyl (C=O) groups excluding carboxylic acids is 1. The average molecular weight is 616 g/mol. The molecule has 238 valence electrons. The summed E-state index contributed by atoms with van der Waals surface area (Å²) < 4.78 is 20.3. The minimum atomic E-state index is -1.01. The van der Waals surface area contributed by atoms with Gasteiger partial charge in [-0.3, -0.25) is 9.89 Å². The van der Waals surface area contributed by atoms with Crippen LogP contribution in [0.4, 0.5) is 15.9 Å². The van der Waals surface area contributed by atoms with Gasteiger partial charge in [-0.15, -0.1) is 0 Å². The number of ether oxygens (including phenoxy) is 1. The molecule has 11 nitrogen and oxygen atoms in total. The van der Waals surface area contributed by atoms with Gasteiger partial charge in [-0.2, -0.15) is 20.3 Å². The topological polar surface area (TPSA) is 118 Å². The normalized spacial score (nSPS) is 19.3. The highest BCUT2D eigenvalue weighted by molar-refractivity contribution is 5.94. The van der Waals surface area contributed by atoms with E-state index in [2.05, 4.69) is 71.6 Å². The highest BCUT2D eigenvalue weighted by Crippen LogP contribution is 2.46. The molecule has 1 saturated heterocycles. The quantitative estimate of drug-likeness (QED) is 0.356. The Morgan fingerprint density at radius 1 is 1.24 bits per heavy atom. The van der Waals surface area contributed by atoms with Crippen molar-refractivity contribution in [1.29, 1.82) is 5.26 Å². The van der Waals surface area contributed by atoms with Gasteiger partial charge in [0.1, 0.15) is 5.82 Å². The minimum Gasteiger partial charge on any atom is -0.463 e. The maximum Gasteiger partial charge on any atom is 0.318 e. The van der Waals surface area contributed by atoms with Crippen LogP contribution in [0.2, 0.25) is 0 Å². The lowest BCUT2D eigenvalue weighted by atomic mass is 10.0. The Kier molecular flexibility index (Phi) is 8.39. The van der Waals surface area contributed by atoms with Gasteiger partial charge in [0.2, 0.25) is 0 Å². The van der Waals surface area contributed by atoms with E-state index in [-0.39, 0.29) is 18.4 Å². The van der Waals surface area contributed by atoms with Gasteiger partial charge in [0.05, 0.1) is 54.8 Å². The lowest BCUT2D eigenvalue weighted by Crippen LogP contribution is -2.55. The summed E-state index contributed by atoms with van der Waals surface area (Å²) in [6.45, 7) is 11.4. The van der Waals surface area contributed by atoms with Crippen LogP contribution in [-0.4, -0.2) is 95.3 Å². The molecule has 2 aliphatic heterocycles. The zero-order valence-corrected chi connectivity index (χ0v) is 26.7. The maximum atomic E-state index is 13.9. The van der Waals surface area contributed by atoms with Crippen LogP contribution in [0.15, 0.2) is 24.7 Å². The molecule has 1 aliphatic carbocycles. The lowest BCUT2D eigenvalue weighted by Gasteiger charge is -2.41. The van der Waals surface area contributed by atoms with E-state index in [9.17, 15) is 14.4 Å². The van der Waals surface area contributed by atoms with Crippen LogP contribution in [0.3, 0.4) is 0 Å². The minimum absolute atomic E-state index is 0.0836. The molecule has 12 heteroatoms. The van der Waals surface area contributed by atoms with Crippen molar-refractivity contribution in [2.24, 2.45) is 5.41 Å². The van der Waals surface area contributed by atoms with Crippen LogP contribution in [0, 0.1) is 30.6 Å². The number of hydrogen-bond acceptors (Lipinski definition) is 9. The molecule has 1 amide bonds. The molecule has 0 radical (unpaired) electrons. The number of benzene rings is 1. The van der Waals surface area contributed by atoms with E-state index in [1.165, 1.54) is 16.0 Å². The number of piperazine rings is 1. The summed E-state index contributed by atoms with van der Waals surface area (Å²) in [6.07, 6.45) is 5.86. The van der Waals surface area contributed by atoms with Crippen molar-refractivity contribution in [2.75, 3.05) is 63.2 Å². The first kappa shape index (κ1) is 30.8. The first-order valence-corrected chi connectivity index (χ1v) is 15.7. The number of H-pyrrole nitrogens is 1. The second-order valence-electron chi connectivity index (χ2n) is 13.2. The fourth-order valence-corrected chi connectivity index (χ4v) is 6.99. The Morgan fingerprint density at radius 2 is 2.04 bits per heavy atom. The van der Waals surface area contributed by atoms with Gasteiger partial charge in [0, 0.05) is 49.1 Å². The number of carbonyl (C=O) groups is 1. The summed E-state index contributed by atoms with van der Waals surface area (Å²) in [6, 6.07) is 4.17. The second-order valence-corrected chi connectivity index (χ2v) is 13.2. The Hall–Kier alpha value is -4.24. The molecule has 2 aromatic heterocycles. The van der Waals surface area contributed by atoms with E-state index in [1.54, 1.807) is 0 Å². The summed E-state index contributed by atoms with van der Waals surface area (Å²) in [5.74, 6) is -0.994. The second kappa shape index (κ2) is 12.3. The highest BCUT2D eigenvalue weighted by atomic mass is 19.1. The Labute approximate surface area is 263 Å². The molecule has 3 aliphatic rings. The first-order chi connectivity index (χ1) is 21.6. The molecular weight excluding hydrogens is 573 g/mol. The third-order valence-electron chi connectivity index (χ3n) is 9.51. The molecule has 3 aromatic rings. The first-order valence-electron chi connectivity index (χ1n) is 15.7. The van der Waals surface area contributed by atoms with Crippen molar-refractivity contribution in [3.63, 3.8) is 0 Å². The predicted molar refractivity (Wildman–Crippen MR) is 171 cm³/mol. The molecule has 4 heterocycles. The predicted octanol–water partition coefficient (Wildman–Crippen LogP) is 4.06. The fraction of sp³-hybridized carbons (Fsp3) is 0.545. The van der Waals surface area contributed by atoms with E-state index < -0.39 is 17.8 Å². The standard InChI is InChI=1S/C33H42FN9O2/c1-21-15-27-26(16-36-39-27)29(22(21)2)41-12-6-7-25-28(18-41)37-32(45-20-33(9-10-33)19-40(4)5)38-30(25)42-13-14-43(31(44)23(3)34)24(17-42)8-11-35/h15-16,24H,3,6-10,12-14,17-20H2,1-2,4-5H3,(H,36,39)/t24-/m0/s1. The molecule has 0 bridgehead atoms. The van der Waals surface area contributed by atoms with E-state index in [4.69, 9.17) is 14.7 Å². The third-order valence-corrected chi connectivity index (χ3v) is 9.51. The monoisotopic (exact) mass is 615 g/mol. The molecule has 6 rings (SSSR count). The molecule has 1 N–H and O–H groups in total. The van der Waals surface area contributed by atoms with Crippen molar-refractivity contribution in [2.45, 2.75) is 58.5 Å². The van der Waals surface area contributed by atoms with Crippen molar-refractivity contribution in [1.82, 2.24) is 30.0 Å². The Balaban J connectivity index is 1.37. The van der Waals surface area contributed by atoms with Crippen molar-refractivity contribution in [3.8, 4) is 12.1 Å². The number of aromatic amines is 1. The van der Waals surface area contributed by atoms with Crippen molar-refractivity contribution >= 4 is 28.3 Å². The van der Waals surface area contributed by atoms with E-state index in [0.29, 0.717) is 32.3 Å². The van der Waals surface area contributed by atoms with Crippen LogP contribution < -0.4 is 14.5 Å². The molecule has 0 unspecified atom stereocenters. The van der Waals surface area contributed by atoms with Gasteiger partial charge >= 0.3 is 6.01 Å². The van der Waals surface area contributed by atoms with Gasteiger partial charge in [-0.05, 0) is 70.8 Å². The Bertz CT molecular complexity index is 1660. The smallest absolute Gasteiger partial charge is 0.318 e. The lowest BCUT2D eigenvalue weighted by molar-refractivity contribution is -0.131. The Morgan fingerprint density at radius 3 is 2.76 bits per heavy atom. The van der Waals surface area contributed by atoms with Crippen LogP contribution in [-0.2, 0) is 17.8 Å². The van der Waals surface area contributed by atoms with Crippen LogP contribution in [0.1, 0.15) is 48.1 Å². The van der Waals surface area contributed by atoms with Gasteiger partial charge in [0.25, 0.3) is 5.91 Å². The van der Waals surface area contributed by atoms with Crippen LogP contribution in [0.5, 0.6) is 6.01 Å². The number of amides is 1. The summed E-state index contributed by atoms with van der Waals surface area (Å²) in [7, 11) is 4.16. The molecule has 1 aromatic carbocycles. The van der Waals surface area contributed by atoms with Gasteiger partial charge in [-0.25, -0.2) is 4.39 Å². The van der Waals surface area contributed by atoms with Crippen molar-refractivity contribution in [3.05, 3.63) is 47.1 Å². The van der Waals surface area contributed by atoms with Gasteiger partial charge in [-0.1, -0.05) is 6.58 Å². The number of rotatable bonds is 9. The van der Waals surface area contributed by atoms with E-state index in [0.717, 1.165) is 72.4 Å². The number of fused-ring (bicyclic) bond motifs is 2. The number of nitrogens with zero attached hydrogens (tertiary/aromatic N) is 8. The fourth-order valence-electron chi connectivity index (χ4n) is 6.99. The molecular formula is C33H42FN9O2. The number of anilines is 2. The maximum absolute atomic E-state index is 13.9. The third kappa shape index (κ3) is 6.18. The van der Waals surface area contributed by atoms with Gasteiger partial charge in [0.15, 0.2) is 5.83 Å². The zero-order chi connectivity index (χ0) is 31.9. The van der Waals surface area contributed by atoms with E-state index >= 15 is 0 Å². The number of hydrogen-bond donors (Lipinski definition) is 1. The largest absolute Gasteiger partial charge is 0.463 e. The van der Waals surface area contributed by atoms with Crippen molar-refractivity contribution < 1.29 is 13.9 Å². The summed E-state index contributed by atoms with van der Waals surface area (Å²) in [5.41, 5.74) is 6.65. The average Bonchev–Trinajstić information content (AvgIpc) is 3.67. The number of aromatic nitrogens is 4. The number of nitriles is 1. The molecule has 1 saturated carbocycles. The number of aryl methyl sites for hydroxylation is 1. The number of halogens is 1. The molecule has 0 spiro atoms. The summed E-state index contributed by atoms with van der Waals surface area (Å²) >= 11 is 0. The van der Waals surface area contributed by atoms with Gasteiger partial charge < -0.3 is 24.3 Å². The molecule has 1 atom stereocenters. The van der Waals surface area contributed by atoms with Crippen LogP contribution in [0.25, 0.3) is 10.9 Å². The summed E-state index contributed by atoms with van der Waals surface area (Å²) in [5, 5.41) is 18.1. The molecule has 2 fully saturated rings. The van der Waals surface area contributed by atoms with E-state index in [1.807, 2.05) is 6.20 Å². The molecule has 45 heavy (non-hydrogen) atoms. The SMILES string of the molecule is C=C(F)C(=O)N1CCN(c2nc(OCC3(CN(C)C)CC3)nc3c2CCCN(c2c(C)c(C)cc4[nH]ncc24)C3)C[C@@H]1CC#N.